The fraction of sp³-hybridized carbons (Fsp3) is 0.350. The standard InChI is InChI=1S/C20H18O6/c1-18(2)5-3-11-7-13-15(9-14(11)26-18)25-17-19(22)6-4-12(21)8-16(19)24-10-20(13,17)23/h3-9,17,22-23H,10H2,1-2H3/t17-,19?,20+/m1/s1. The fourth-order valence-corrected chi connectivity index (χ4v) is 3.96. The van der Waals surface area contributed by atoms with Crippen LogP contribution in [0.1, 0.15) is 25.0 Å². The van der Waals surface area contributed by atoms with Gasteiger partial charge < -0.3 is 24.4 Å². The number of carbonyl (C=O) groups excluding carboxylic acids is 1. The van der Waals surface area contributed by atoms with Crippen molar-refractivity contribution in [3.63, 3.8) is 0 Å². The highest BCUT2D eigenvalue weighted by atomic mass is 16.6. The number of carbonyl (C=O) groups is 1. The van der Waals surface area contributed by atoms with Crippen molar-refractivity contribution in [2.24, 2.45) is 0 Å². The molecule has 0 bridgehead atoms. The van der Waals surface area contributed by atoms with Crippen molar-refractivity contribution < 1.29 is 29.2 Å². The Morgan fingerprint density at radius 3 is 2.73 bits per heavy atom. The van der Waals surface area contributed by atoms with E-state index in [0.29, 0.717) is 17.1 Å². The molecule has 0 radical (unpaired) electrons. The summed E-state index contributed by atoms with van der Waals surface area (Å²) in [4.78, 5) is 11.6. The third-order valence-corrected chi connectivity index (χ3v) is 5.31. The monoisotopic (exact) mass is 354 g/mol. The van der Waals surface area contributed by atoms with Gasteiger partial charge in [-0.3, -0.25) is 4.79 Å². The van der Waals surface area contributed by atoms with Crippen molar-refractivity contribution in [1.29, 1.82) is 0 Å². The molecule has 0 amide bonds. The van der Waals surface area contributed by atoms with Crippen molar-refractivity contribution in [2.75, 3.05) is 6.61 Å². The van der Waals surface area contributed by atoms with Crippen molar-refractivity contribution in [3.8, 4) is 11.5 Å². The van der Waals surface area contributed by atoms with E-state index < -0.39 is 22.9 Å². The van der Waals surface area contributed by atoms with Crippen molar-refractivity contribution >= 4 is 11.9 Å². The molecule has 6 heteroatoms. The molecule has 6 nitrogen and oxygen atoms in total. The molecule has 3 atom stereocenters. The number of aliphatic hydroxyl groups is 2. The van der Waals surface area contributed by atoms with E-state index in [1.807, 2.05) is 26.0 Å². The summed E-state index contributed by atoms with van der Waals surface area (Å²) in [5.74, 6) is 0.902. The average Bonchev–Trinajstić information content (AvgIpc) is 2.87. The Balaban J connectivity index is 1.63. The number of allylic oxidation sites excluding steroid dienone is 2. The van der Waals surface area contributed by atoms with Crippen LogP contribution in [0, 0.1) is 0 Å². The molecule has 3 aliphatic heterocycles. The number of rotatable bonds is 0. The molecular weight excluding hydrogens is 336 g/mol. The van der Waals surface area contributed by atoms with Crippen LogP contribution in [-0.2, 0) is 15.1 Å². The van der Waals surface area contributed by atoms with Gasteiger partial charge >= 0.3 is 0 Å². The zero-order valence-electron chi connectivity index (χ0n) is 14.4. The molecule has 134 valence electrons. The van der Waals surface area contributed by atoms with Crippen LogP contribution in [0.3, 0.4) is 0 Å². The summed E-state index contributed by atoms with van der Waals surface area (Å²) in [6.45, 7) is 3.78. The van der Waals surface area contributed by atoms with Crippen LogP contribution in [0.5, 0.6) is 11.5 Å². The smallest absolute Gasteiger partial charge is 0.181 e. The Morgan fingerprint density at radius 2 is 1.92 bits per heavy atom. The van der Waals surface area contributed by atoms with Crippen molar-refractivity contribution in [2.45, 2.75) is 36.8 Å². The summed E-state index contributed by atoms with van der Waals surface area (Å²) in [5, 5.41) is 22.4. The van der Waals surface area contributed by atoms with Crippen LogP contribution in [0.2, 0.25) is 0 Å². The lowest BCUT2D eigenvalue weighted by Crippen LogP contribution is -2.61. The number of ether oxygens (including phenoxy) is 3. The average molecular weight is 354 g/mol. The molecule has 1 fully saturated rings. The first-order valence-electron chi connectivity index (χ1n) is 8.48. The Bertz CT molecular complexity index is 940. The summed E-state index contributed by atoms with van der Waals surface area (Å²) in [7, 11) is 0. The zero-order valence-corrected chi connectivity index (χ0v) is 14.4. The van der Waals surface area contributed by atoms with E-state index in [-0.39, 0.29) is 18.1 Å². The predicted molar refractivity (Wildman–Crippen MR) is 91.6 cm³/mol. The Labute approximate surface area is 150 Å². The van der Waals surface area contributed by atoms with Crippen LogP contribution >= 0.6 is 0 Å². The SMILES string of the molecule is CC1(C)C=Cc2cc3c(cc2O1)O[C@@H]1C2(O)C=CC(=O)C=C2OC[C@]31O. The van der Waals surface area contributed by atoms with E-state index in [2.05, 4.69) is 0 Å². The maximum Gasteiger partial charge on any atom is 0.181 e. The number of benzene rings is 1. The lowest BCUT2D eigenvalue weighted by atomic mass is 9.76. The summed E-state index contributed by atoms with van der Waals surface area (Å²) >= 11 is 0. The first-order valence-corrected chi connectivity index (χ1v) is 8.48. The molecule has 0 aromatic heterocycles. The van der Waals surface area contributed by atoms with Crippen LogP contribution in [0.4, 0.5) is 0 Å². The molecule has 26 heavy (non-hydrogen) atoms. The second kappa shape index (κ2) is 4.58. The van der Waals surface area contributed by atoms with Gasteiger partial charge in [0.1, 0.15) is 29.5 Å². The van der Waals surface area contributed by atoms with E-state index in [9.17, 15) is 15.0 Å². The second-order valence-electron chi connectivity index (χ2n) is 7.71. The quantitative estimate of drug-likeness (QED) is 0.736. The van der Waals surface area contributed by atoms with E-state index in [1.165, 1.54) is 18.2 Å². The minimum Gasteiger partial charge on any atom is -0.491 e. The molecule has 1 saturated heterocycles. The highest BCUT2D eigenvalue weighted by Gasteiger charge is 2.63. The molecule has 1 aromatic carbocycles. The molecule has 1 aliphatic carbocycles. The molecule has 5 rings (SSSR count). The molecule has 0 spiro atoms. The van der Waals surface area contributed by atoms with Gasteiger partial charge in [-0.1, -0.05) is 6.08 Å². The largest absolute Gasteiger partial charge is 0.491 e. The molecule has 0 saturated carbocycles. The van der Waals surface area contributed by atoms with E-state index in [1.54, 1.807) is 12.1 Å². The van der Waals surface area contributed by atoms with Gasteiger partial charge in [-0.25, -0.2) is 0 Å². The van der Waals surface area contributed by atoms with E-state index >= 15 is 0 Å². The lowest BCUT2D eigenvalue weighted by Gasteiger charge is -2.45. The van der Waals surface area contributed by atoms with Crippen LogP contribution in [-0.4, -0.2) is 39.9 Å². The summed E-state index contributed by atoms with van der Waals surface area (Å²) in [6, 6.07) is 3.53. The number of ketones is 1. The summed E-state index contributed by atoms with van der Waals surface area (Å²) in [5.41, 5.74) is -2.33. The van der Waals surface area contributed by atoms with Crippen LogP contribution < -0.4 is 9.47 Å². The fourth-order valence-electron chi connectivity index (χ4n) is 3.96. The number of hydrogen-bond donors (Lipinski definition) is 2. The molecule has 2 N–H and O–H groups in total. The zero-order chi connectivity index (χ0) is 18.3. The minimum atomic E-state index is -1.71. The van der Waals surface area contributed by atoms with Gasteiger partial charge in [0.25, 0.3) is 0 Å². The number of hydrogen-bond acceptors (Lipinski definition) is 6. The van der Waals surface area contributed by atoms with Gasteiger partial charge in [-0.2, -0.15) is 0 Å². The maximum atomic E-state index is 11.6. The second-order valence-corrected chi connectivity index (χ2v) is 7.71. The Hall–Kier alpha value is -2.57. The van der Waals surface area contributed by atoms with Crippen LogP contribution in [0.15, 0.2) is 42.2 Å². The van der Waals surface area contributed by atoms with E-state index in [4.69, 9.17) is 14.2 Å². The van der Waals surface area contributed by atoms with Gasteiger partial charge in [-0.15, -0.1) is 0 Å². The normalized spacial score (nSPS) is 35.2. The van der Waals surface area contributed by atoms with Crippen molar-refractivity contribution in [1.82, 2.24) is 0 Å². The van der Waals surface area contributed by atoms with Crippen LogP contribution in [0.25, 0.3) is 6.08 Å². The molecule has 1 aromatic rings. The van der Waals surface area contributed by atoms with Gasteiger partial charge in [0.2, 0.25) is 0 Å². The van der Waals surface area contributed by atoms with Gasteiger partial charge in [0.05, 0.1) is 0 Å². The predicted octanol–water partition coefficient (Wildman–Crippen LogP) is 1.60. The Kier molecular flexibility index (Phi) is 2.76. The third-order valence-electron chi connectivity index (χ3n) is 5.31. The lowest BCUT2D eigenvalue weighted by molar-refractivity contribution is -0.187. The number of fused-ring (bicyclic) bond motifs is 6. The Morgan fingerprint density at radius 1 is 1.12 bits per heavy atom. The highest BCUT2D eigenvalue weighted by molar-refractivity contribution is 6.01. The molecular formula is C20H18O6. The van der Waals surface area contributed by atoms with Crippen molar-refractivity contribution in [3.05, 3.63) is 53.3 Å². The van der Waals surface area contributed by atoms with Gasteiger partial charge in [0, 0.05) is 23.3 Å². The van der Waals surface area contributed by atoms with Gasteiger partial charge in [-0.05, 0) is 38.1 Å². The minimum absolute atomic E-state index is 0.0922. The van der Waals surface area contributed by atoms with Gasteiger partial charge in [0.15, 0.2) is 23.1 Å². The topological polar surface area (TPSA) is 85.2 Å². The summed E-state index contributed by atoms with van der Waals surface area (Å²) < 4.78 is 17.5. The first kappa shape index (κ1) is 15.7. The molecule has 3 heterocycles. The third kappa shape index (κ3) is 1.91. The summed E-state index contributed by atoms with van der Waals surface area (Å²) in [6.07, 6.45) is 6.68. The van der Waals surface area contributed by atoms with E-state index in [0.717, 1.165) is 5.56 Å². The highest BCUT2D eigenvalue weighted by Crippen LogP contribution is 2.53. The molecule has 1 unspecified atom stereocenters. The maximum absolute atomic E-state index is 11.6. The molecule has 4 aliphatic rings. The first-order chi connectivity index (χ1) is 12.2.